The van der Waals surface area contributed by atoms with Crippen LogP contribution in [0.25, 0.3) is 16.8 Å². The number of amides is 1. The molecule has 0 spiro atoms. The second kappa shape index (κ2) is 10.1. The summed E-state index contributed by atoms with van der Waals surface area (Å²) in [5.74, 6) is 1.52. The van der Waals surface area contributed by atoms with E-state index in [1.807, 2.05) is 43.3 Å². The molecule has 0 bridgehead atoms. The van der Waals surface area contributed by atoms with Crippen molar-refractivity contribution in [2.75, 3.05) is 11.9 Å². The summed E-state index contributed by atoms with van der Waals surface area (Å²) in [4.78, 5) is 16.7. The summed E-state index contributed by atoms with van der Waals surface area (Å²) in [6, 6.07) is 22.8. The van der Waals surface area contributed by atoms with Crippen molar-refractivity contribution in [1.82, 2.24) is 4.90 Å². The third kappa shape index (κ3) is 4.54. The molecule has 1 saturated carbocycles. The van der Waals surface area contributed by atoms with Crippen molar-refractivity contribution in [2.45, 2.75) is 51.1 Å². The number of hydrogen-bond acceptors (Lipinski definition) is 4. The first-order chi connectivity index (χ1) is 16.7. The maximum absolute atomic E-state index is 13.8. The summed E-state index contributed by atoms with van der Waals surface area (Å²) in [7, 11) is 0. The third-order valence-electron chi connectivity index (χ3n) is 6.93. The second-order valence-corrected chi connectivity index (χ2v) is 10.3. The minimum Gasteiger partial charge on any atom is -0.493 e. The van der Waals surface area contributed by atoms with Gasteiger partial charge in [0.25, 0.3) is 5.91 Å². The molecule has 3 atom stereocenters. The van der Waals surface area contributed by atoms with Crippen molar-refractivity contribution in [3.63, 3.8) is 0 Å². The van der Waals surface area contributed by atoms with E-state index < -0.39 is 0 Å². The zero-order chi connectivity index (χ0) is 23.5. The zero-order valence-electron chi connectivity index (χ0n) is 19.9. The van der Waals surface area contributed by atoms with Crippen LogP contribution in [0.3, 0.4) is 0 Å². The highest BCUT2D eigenvalue weighted by Crippen LogP contribution is 2.43. The van der Waals surface area contributed by atoms with E-state index in [1.165, 1.54) is 19.3 Å². The van der Waals surface area contributed by atoms with Gasteiger partial charge in [0, 0.05) is 17.1 Å². The van der Waals surface area contributed by atoms with Crippen LogP contribution in [0.5, 0.6) is 5.75 Å². The standard InChI is InChI=1S/C29H32N2O2S/c1-3-33-26-18-17-21(23-14-8-9-15-24(23)26)19-27-28(32)31(25-16-10-7-11-20(25)2)29(34-27)30-22-12-5-4-6-13-22/h4-6,8-9,12-15,17-20,25,29-30H,3,7,10-11,16H2,1-2H3/b27-19-/t20-,25+,29?/m0/s1. The van der Waals surface area contributed by atoms with Gasteiger partial charge in [-0.1, -0.05) is 80.1 Å². The number of para-hydroxylation sites is 1. The molecule has 1 N–H and O–H groups in total. The van der Waals surface area contributed by atoms with E-state index >= 15 is 0 Å². The highest BCUT2D eigenvalue weighted by atomic mass is 32.2. The van der Waals surface area contributed by atoms with Crippen molar-refractivity contribution < 1.29 is 9.53 Å². The monoisotopic (exact) mass is 472 g/mol. The minimum atomic E-state index is -0.110. The molecule has 5 rings (SSSR count). The van der Waals surface area contributed by atoms with Gasteiger partial charge < -0.3 is 15.0 Å². The average molecular weight is 473 g/mol. The third-order valence-corrected chi connectivity index (χ3v) is 8.04. The summed E-state index contributed by atoms with van der Waals surface area (Å²) >= 11 is 1.63. The number of thioether (sulfide) groups is 1. The fraction of sp³-hybridized carbons (Fsp3) is 0.345. The molecule has 4 nitrogen and oxygen atoms in total. The molecule has 1 aliphatic heterocycles. The SMILES string of the molecule is CCOc1ccc(/C=C2\SC(Nc3ccccc3)N([C@@H]3CCCC[C@@H]3C)C2=O)c2ccccc12. The molecule has 1 unspecified atom stereocenters. The van der Waals surface area contributed by atoms with E-state index in [-0.39, 0.29) is 17.4 Å². The predicted octanol–water partition coefficient (Wildman–Crippen LogP) is 7.13. The maximum Gasteiger partial charge on any atom is 0.262 e. The van der Waals surface area contributed by atoms with Gasteiger partial charge in [0.2, 0.25) is 0 Å². The molecule has 5 heteroatoms. The first-order valence-electron chi connectivity index (χ1n) is 12.3. The average Bonchev–Trinajstić information content (AvgIpc) is 3.16. The van der Waals surface area contributed by atoms with E-state index in [1.54, 1.807) is 11.8 Å². The Labute approximate surface area is 206 Å². The van der Waals surface area contributed by atoms with Gasteiger partial charge in [-0.3, -0.25) is 4.79 Å². The van der Waals surface area contributed by atoms with Crippen LogP contribution < -0.4 is 10.1 Å². The van der Waals surface area contributed by atoms with E-state index in [9.17, 15) is 4.79 Å². The number of benzene rings is 3. The topological polar surface area (TPSA) is 41.6 Å². The number of nitrogens with one attached hydrogen (secondary N) is 1. The lowest BCUT2D eigenvalue weighted by molar-refractivity contribution is -0.129. The Balaban J connectivity index is 1.52. The zero-order valence-corrected chi connectivity index (χ0v) is 20.7. The molecule has 1 amide bonds. The molecule has 1 saturated heterocycles. The molecule has 176 valence electrons. The van der Waals surface area contributed by atoms with Crippen LogP contribution in [-0.2, 0) is 4.79 Å². The Morgan fingerprint density at radius 1 is 1.00 bits per heavy atom. The number of carbonyl (C=O) groups is 1. The fourth-order valence-corrected chi connectivity index (χ4v) is 6.41. The lowest BCUT2D eigenvalue weighted by Gasteiger charge is -2.39. The minimum absolute atomic E-state index is 0.110. The largest absolute Gasteiger partial charge is 0.493 e. The number of hydrogen-bond donors (Lipinski definition) is 1. The molecule has 34 heavy (non-hydrogen) atoms. The summed E-state index contributed by atoms with van der Waals surface area (Å²) in [6.07, 6.45) is 6.76. The molecule has 3 aromatic rings. The Bertz CT molecular complexity index is 1190. The highest BCUT2D eigenvalue weighted by molar-refractivity contribution is 8.05. The van der Waals surface area contributed by atoms with Gasteiger partial charge in [-0.15, -0.1) is 0 Å². The van der Waals surface area contributed by atoms with Crippen molar-refractivity contribution in [1.29, 1.82) is 0 Å². The number of rotatable bonds is 6. The molecule has 2 fully saturated rings. The van der Waals surface area contributed by atoms with Crippen LogP contribution in [0.15, 0.2) is 71.6 Å². The lowest BCUT2D eigenvalue weighted by Crippen LogP contribution is -2.48. The van der Waals surface area contributed by atoms with Crippen molar-refractivity contribution in [2.24, 2.45) is 5.92 Å². The first kappa shape index (κ1) is 22.9. The number of carbonyl (C=O) groups excluding carboxylic acids is 1. The second-order valence-electron chi connectivity index (χ2n) is 9.16. The smallest absolute Gasteiger partial charge is 0.262 e. The van der Waals surface area contributed by atoms with Crippen LogP contribution in [0.4, 0.5) is 5.69 Å². The molecule has 1 aliphatic carbocycles. The van der Waals surface area contributed by atoms with Crippen LogP contribution in [-0.4, -0.2) is 29.0 Å². The van der Waals surface area contributed by atoms with Crippen molar-refractivity contribution in [3.05, 3.63) is 77.2 Å². The lowest BCUT2D eigenvalue weighted by atomic mass is 9.85. The number of ether oxygens (including phenoxy) is 1. The summed E-state index contributed by atoms with van der Waals surface area (Å²) in [5, 5.41) is 5.80. The van der Waals surface area contributed by atoms with Crippen molar-refractivity contribution >= 4 is 40.2 Å². The van der Waals surface area contributed by atoms with E-state index in [2.05, 4.69) is 53.5 Å². The summed E-state index contributed by atoms with van der Waals surface area (Å²) < 4.78 is 5.85. The molecule has 0 radical (unpaired) electrons. The number of anilines is 1. The van der Waals surface area contributed by atoms with Crippen molar-refractivity contribution in [3.8, 4) is 5.75 Å². The van der Waals surface area contributed by atoms with Gasteiger partial charge >= 0.3 is 0 Å². The fourth-order valence-electron chi connectivity index (χ4n) is 5.21. The molecule has 2 aliphatic rings. The quantitative estimate of drug-likeness (QED) is 0.388. The molecular weight excluding hydrogens is 440 g/mol. The van der Waals surface area contributed by atoms with Gasteiger partial charge in [-0.05, 0) is 60.9 Å². The first-order valence-corrected chi connectivity index (χ1v) is 13.2. The Hall–Kier alpha value is -2.92. The van der Waals surface area contributed by atoms with Crippen LogP contribution in [0.2, 0.25) is 0 Å². The van der Waals surface area contributed by atoms with Crippen LogP contribution in [0.1, 0.15) is 45.1 Å². The van der Waals surface area contributed by atoms with Crippen LogP contribution in [0, 0.1) is 5.92 Å². The highest BCUT2D eigenvalue weighted by Gasteiger charge is 2.42. The summed E-state index contributed by atoms with van der Waals surface area (Å²) in [6.45, 7) is 4.92. The van der Waals surface area contributed by atoms with Gasteiger partial charge in [0.15, 0.2) is 5.50 Å². The number of fused-ring (bicyclic) bond motifs is 1. The molecular formula is C29H32N2O2S. The summed E-state index contributed by atoms with van der Waals surface area (Å²) in [5.41, 5.74) is 1.97. The number of nitrogens with zero attached hydrogens (tertiary/aromatic N) is 1. The Kier molecular flexibility index (Phi) is 6.82. The van der Waals surface area contributed by atoms with Crippen LogP contribution >= 0.6 is 11.8 Å². The molecule has 0 aromatic heterocycles. The molecule has 3 aromatic carbocycles. The van der Waals surface area contributed by atoms with Gasteiger partial charge in [-0.25, -0.2) is 0 Å². The molecule has 1 heterocycles. The maximum atomic E-state index is 13.8. The van der Waals surface area contributed by atoms with E-state index in [0.29, 0.717) is 12.5 Å². The van der Waals surface area contributed by atoms with Gasteiger partial charge in [0.1, 0.15) is 5.75 Å². The van der Waals surface area contributed by atoms with E-state index in [0.717, 1.165) is 39.1 Å². The van der Waals surface area contributed by atoms with Gasteiger partial charge in [-0.2, -0.15) is 0 Å². The van der Waals surface area contributed by atoms with E-state index in [4.69, 9.17) is 4.74 Å². The van der Waals surface area contributed by atoms with Gasteiger partial charge in [0.05, 0.1) is 11.5 Å². The Morgan fingerprint density at radius 2 is 1.74 bits per heavy atom. The predicted molar refractivity (Wildman–Crippen MR) is 143 cm³/mol. The normalized spacial score (nSPS) is 24.1. The Morgan fingerprint density at radius 3 is 2.50 bits per heavy atom.